The third-order valence-electron chi connectivity index (χ3n) is 10.1. The summed E-state index contributed by atoms with van der Waals surface area (Å²) in [5.41, 5.74) is 15.5. The van der Waals surface area contributed by atoms with Gasteiger partial charge < -0.3 is 4.57 Å². The molecule has 4 aliphatic carbocycles. The molecule has 2 heteroatoms. The van der Waals surface area contributed by atoms with Gasteiger partial charge in [-0.15, -0.1) is 0 Å². The average Bonchev–Trinajstić information content (AvgIpc) is 3.22. The van der Waals surface area contributed by atoms with Crippen LogP contribution < -0.4 is 0 Å². The van der Waals surface area contributed by atoms with Crippen LogP contribution in [0.5, 0.6) is 0 Å². The van der Waals surface area contributed by atoms with Crippen LogP contribution in [0.3, 0.4) is 0 Å². The molecule has 0 N–H and O–H groups in total. The summed E-state index contributed by atoms with van der Waals surface area (Å²) in [5, 5.41) is 4.19. The van der Waals surface area contributed by atoms with Crippen LogP contribution in [0.4, 0.5) is 5.69 Å². The van der Waals surface area contributed by atoms with Crippen molar-refractivity contribution in [3.8, 4) is 0 Å². The maximum absolute atomic E-state index is 4.38. The Hall–Kier alpha value is -4.69. The lowest BCUT2D eigenvalue weighted by molar-refractivity contribution is 0.595. The van der Waals surface area contributed by atoms with Crippen LogP contribution in [0, 0.1) is 0 Å². The summed E-state index contributed by atoms with van der Waals surface area (Å²) in [5.74, 6) is 0. The zero-order valence-corrected chi connectivity index (χ0v) is 27.1. The molecular weight excluding hydrogens is 544 g/mol. The van der Waals surface area contributed by atoms with E-state index in [-0.39, 0.29) is 5.41 Å². The quantitative estimate of drug-likeness (QED) is 0.212. The van der Waals surface area contributed by atoms with E-state index in [1.54, 1.807) is 5.57 Å². The van der Waals surface area contributed by atoms with E-state index in [1.165, 1.54) is 55.3 Å². The predicted molar refractivity (Wildman–Crippen MR) is 198 cm³/mol. The summed E-state index contributed by atoms with van der Waals surface area (Å²) in [4.78, 5) is 4.38. The lowest BCUT2D eigenvalue weighted by Gasteiger charge is -2.38. The molecular formula is C43H42N2. The first-order valence-corrected chi connectivity index (χ1v) is 16.5. The molecule has 45 heavy (non-hydrogen) atoms. The van der Waals surface area contributed by atoms with E-state index in [0.717, 1.165) is 54.5 Å². The van der Waals surface area contributed by atoms with Gasteiger partial charge in [0.15, 0.2) is 0 Å². The van der Waals surface area contributed by atoms with Crippen molar-refractivity contribution < 1.29 is 0 Å². The standard InChI is InChI=1S/C41H36N2.C2H6/c1-5-26-13-11-19-30(40(26)42-4)27-14-10-16-29(24-23-27)43-35-22-9-7-18-32(35)38-36(43)25-28-15-12-21-34-37(28)39(38)31-17-6-8-20-33(31)41(34,2)3;1-2/h5-7,10-15,17-19,21,23-25H,1,4,8-9,16,20,22H2,2-3H3;1-2H3. The lowest BCUT2D eigenvalue weighted by atomic mass is 9.65. The highest BCUT2D eigenvalue weighted by molar-refractivity contribution is 6.17. The van der Waals surface area contributed by atoms with E-state index in [9.17, 15) is 0 Å². The Morgan fingerprint density at radius 1 is 0.889 bits per heavy atom. The molecule has 224 valence electrons. The zero-order valence-electron chi connectivity index (χ0n) is 27.1. The number of para-hydroxylation sites is 1. The zero-order chi connectivity index (χ0) is 31.3. The Morgan fingerprint density at radius 2 is 1.69 bits per heavy atom. The summed E-state index contributed by atoms with van der Waals surface area (Å²) >= 11 is 0. The predicted octanol–water partition coefficient (Wildman–Crippen LogP) is 12.0. The van der Waals surface area contributed by atoms with Crippen LogP contribution >= 0.6 is 0 Å². The molecule has 3 aromatic carbocycles. The van der Waals surface area contributed by atoms with Gasteiger partial charge >= 0.3 is 0 Å². The van der Waals surface area contributed by atoms with Gasteiger partial charge in [-0.2, -0.15) is 0 Å². The number of hydrogen-bond acceptors (Lipinski definition) is 1. The fourth-order valence-electron chi connectivity index (χ4n) is 8.07. The number of hydrogen-bond donors (Lipinski definition) is 0. The topological polar surface area (TPSA) is 17.3 Å². The molecule has 1 heterocycles. The molecule has 0 saturated heterocycles. The first kappa shape index (κ1) is 29.0. The van der Waals surface area contributed by atoms with Crippen molar-refractivity contribution in [1.29, 1.82) is 0 Å². The molecule has 0 amide bonds. The normalized spacial score (nSPS) is 17.6. The highest BCUT2D eigenvalue weighted by atomic mass is 15.0. The van der Waals surface area contributed by atoms with E-state index < -0.39 is 0 Å². The number of aromatic nitrogens is 1. The van der Waals surface area contributed by atoms with Gasteiger partial charge in [-0.05, 0) is 77.6 Å². The second-order valence-corrected chi connectivity index (χ2v) is 12.6. The molecule has 0 radical (unpaired) electrons. The van der Waals surface area contributed by atoms with E-state index in [1.807, 2.05) is 26.0 Å². The second kappa shape index (κ2) is 11.3. The summed E-state index contributed by atoms with van der Waals surface area (Å²) in [6, 6.07) is 15.7. The number of benzene rings is 3. The van der Waals surface area contributed by atoms with Crippen molar-refractivity contribution in [2.24, 2.45) is 4.99 Å². The first-order valence-electron chi connectivity index (χ1n) is 16.5. The van der Waals surface area contributed by atoms with Crippen LogP contribution in [-0.2, 0) is 11.8 Å². The van der Waals surface area contributed by atoms with Crippen LogP contribution in [-0.4, -0.2) is 11.3 Å². The van der Waals surface area contributed by atoms with E-state index in [4.69, 9.17) is 0 Å². The SMILES string of the molecule is C=Cc1cccc(C2=CC=C(n3c4c(c5c6c7c(cccc7cc53)C(C)(C)C3=C6C=CCC3)C=CCC4)CC=C2)c1N=C.CC. The number of aliphatic imine (C=N–C) groups is 1. The molecule has 0 bridgehead atoms. The number of rotatable bonds is 4. The fraction of sp³-hybridized carbons (Fsp3) is 0.233. The largest absolute Gasteiger partial charge is 0.316 e. The third kappa shape index (κ3) is 4.34. The van der Waals surface area contributed by atoms with Crippen LogP contribution in [0.25, 0.3) is 50.7 Å². The van der Waals surface area contributed by atoms with E-state index in [2.05, 4.69) is 122 Å². The molecule has 0 unspecified atom stereocenters. The number of nitrogens with zero attached hydrogens (tertiary/aromatic N) is 2. The molecule has 4 aromatic rings. The molecule has 0 spiro atoms. The molecule has 4 aliphatic rings. The minimum Gasteiger partial charge on any atom is -0.316 e. The van der Waals surface area contributed by atoms with E-state index >= 15 is 0 Å². The number of fused-ring (bicyclic) bond motifs is 5. The Kier molecular flexibility index (Phi) is 7.32. The maximum atomic E-state index is 4.38. The van der Waals surface area contributed by atoms with Gasteiger partial charge in [0.25, 0.3) is 0 Å². The second-order valence-electron chi connectivity index (χ2n) is 12.6. The van der Waals surface area contributed by atoms with Crippen LogP contribution in [0.2, 0.25) is 0 Å². The molecule has 8 rings (SSSR count). The Bertz CT molecular complexity index is 2090. The highest BCUT2D eigenvalue weighted by Gasteiger charge is 2.37. The minimum atomic E-state index is 0.0244. The van der Waals surface area contributed by atoms with Crippen molar-refractivity contribution in [3.63, 3.8) is 0 Å². The molecule has 0 saturated carbocycles. The fourth-order valence-corrected chi connectivity index (χ4v) is 8.07. The molecule has 0 fully saturated rings. The average molecular weight is 587 g/mol. The highest BCUT2D eigenvalue weighted by Crippen LogP contribution is 2.53. The first-order chi connectivity index (χ1) is 22.0. The van der Waals surface area contributed by atoms with Gasteiger partial charge in [0.2, 0.25) is 0 Å². The summed E-state index contributed by atoms with van der Waals surface area (Å²) in [6.45, 7) is 16.7. The van der Waals surface area contributed by atoms with Crippen molar-refractivity contribution >= 4 is 63.1 Å². The van der Waals surface area contributed by atoms with Gasteiger partial charge in [-0.3, -0.25) is 4.99 Å². The van der Waals surface area contributed by atoms with Crippen molar-refractivity contribution in [2.45, 2.75) is 65.2 Å². The van der Waals surface area contributed by atoms with Gasteiger partial charge in [0.05, 0.1) is 11.2 Å². The van der Waals surface area contributed by atoms with Crippen LogP contribution in [0.15, 0.2) is 102 Å². The summed E-state index contributed by atoms with van der Waals surface area (Å²) in [6.07, 6.45) is 25.7. The Morgan fingerprint density at radius 3 is 2.51 bits per heavy atom. The lowest BCUT2D eigenvalue weighted by Crippen LogP contribution is -2.26. The number of allylic oxidation sites excluding steroid dienone is 11. The third-order valence-corrected chi connectivity index (χ3v) is 10.1. The van der Waals surface area contributed by atoms with Gasteiger partial charge in [-0.25, -0.2) is 0 Å². The molecule has 2 nitrogen and oxygen atoms in total. The summed E-state index contributed by atoms with van der Waals surface area (Å²) < 4.78 is 2.58. The van der Waals surface area contributed by atoms with Gasteiger partial charge in [0.1, 0.15) is 0 Å². The van der Waals surface area contributed by atoms with Crippen molar-refractivity contribution in [3.05, 3.63) is 131 Å². The molecule has 0 atom stereocenters. The monoisotopic (exact) mass is 586 g/mol. The maximum Gasteiger partial charge on any atom is 0.0772 e. The Labute approximate surface area is 267 Å². The van der Waals surface area contributed by atoms with Gasteiger partial charge in [-0.1, -0.05) is 125 Å². The smallest absolute Gasteiger partial charge is 0.0772 e. The minimum absolute atomic E-state index is 0.0244. The summed E-state index contributed by atoms with van der Waals surface area (Å²) in [7, 11) is 0. The van der Waals surface area contributed by atoms with Crippen LogP contribution in [0.1, 0.15) is 86.9 Å². The van der Waals surface area contributed by atoms with E-state index in [0.29, 0.717) is 0 Å². The van der Waals surface area contributed by atoms with Gasteiger partial charge in [0, 0.05) is 45.3 Å². The van der Waals surface area contributed by atoms with Crippen molar-refractivity contribution in [1.82, 2.24) is 4.57 Å². The van der Waals surface area contributed by atoms with Crippen molar-refractivity contribution in [2.75, 3.05) is 0 Å². The molecule has 0 aliphatic heterocycles. The Balaban J connectivity index is 0.00000160. The molecule has 1 aromatic heterocycles.